The maximum absolute atomic E-state index is 13.2. The monoisotopic (exact) mass is 438 g/mol. The number of benzene rings is 1. The molecule has 0 aliphatic carbocycles. The molecule has 1 aromatic carbocycles. The summed E-state index contributed by atoms with van der Waals surface area (Å²) in [5, 5.41) is 5.44. The second-order valence-corrected chi connectivity index (χ2v) is 8.74. The zero-order chi connectivity index (χ0) is 21.5. The number of hydrogen-bond donors (Lipinski definition) is 0. The normalized spacial score (nSPS) is 18.4. The molecule has 9 nitrogen and oxygen atoms in total. The predicted molar refractivity (Wildman–Crippen MR) is 116 cm³/mol. The highest BCUT2D eigenvalue weighted by Crippen LogP contribution is 2.33. The van der Waals surface area contributed by atoms with E-state index in [1.54, 1.807) is 32.2 Å². The zero-order valence-electron chi connectivity index (χ0n) is 17.1. The number of nitrogens with zero attached hydrogens (tertiary/aromatic N) is 6. The number of rotatable bonds is 3. The molecule has 1 atom stereocenters. The Morgan fingerprint density at radius 3 is 2.52 bits per heavy atom. The lowest BCUT2D eigenvalue weighted by molar-refractivity contribution is -0.138. The number of thioether (sulfide) groups is 1. The van der Waals surface area contributed by atoms with Gasteiger partial charge in [-0.2, -0.15) is 5.10 Å². The van der Waals surface area contributed by atoms with Crippen LogP contribution in [0.1, 0.15) is 19.4 Å². The second kappa shape index (κ2) is 7.84. The van der Waals surface area contributed by atoms with Crippen LogP contribution in [-0.4, -0.2) is 72.9 Å². The van der Waals surface area contributed by atoms with E-state index in [2.05, 4.69) is 5.10 Å². The van der Waals surface area contributed by atoms with Crippen molar-refractivity contribution >= 4 is 34.6 Å². The van der Waals surface area contributed by atoms with Gasteiger partial charge >= 0.3 is 0 Å². The van der Waals surface area contributed by atoms with Crippen molar-refractivity contribution in [1.29, 1.82) is 0 Å². The van der Waals surface area contributed by atoms with Crippen molar-refractivity contribution < 1.29 is 9.59 Å². The molecule has 2 aliphatic rings. The van der Waals surface area contributed by atoms with Crippen LogP contribution in [0.25, 0.3) is 16.7 Å². The molecule has 0 radical (unpaired) electrons. The topological polar surface area (TPSA) is 93.3 Å². The second-order valence-electron chi connectivity index (χ2n) is 7.75. The fraction of sp³-hybridized carbons (Fsp3) is 0.381. The highest BCUT2D eigenvalue weighted by atomic mass is 32.2. The van der Waals surface area contributed by atoms with Gasteiger partial charge < -0.3 is 9.80 Å². The summed E-state index contributed by atoms with van der Waals surface area (Å²) >= 11 is 1.49. The van der Waals surface area contributed by atoms with Crippen molar-refractivity contribution in [3.05, 3.63) is 46.9 Å². The minimum atomic E-state index is -0.234. The molecule has 31 heavy (non-hydrogen) atoms. The fourth-order valence-corrected chi connectivity index (χ4v) is 5.27. The number of hydrogen-bond acceptors (Lipinski definition) is 6. The largest absolute Gasteiger partial charge is 0.339 e. The molecular weight excluding hydrogens is 416 g/mol. The van der Waals surface area contributed by atoms with Gasteiger partial charge in [0, 0.05) is 45.3 Å². The van der Waals surface area contributed by atoms with Crippen molar-refractivity contribution in [1.82, 2.24) is 29.1 Å². The van der Waals surface area contributed by atoms with Gasteiger partial charge in [-0.25, -0.2) is 9.67 Å². The Balaban J connectivity index is 1.39. The van der Waals surface area contributed by atoms with Crippen LogP contribution in [-0.2, 0) is 9.59 Å². The molecule has 2 aromatic heterocycles. The Morgan fingerprint density at radius 1 is 1.10 bits per heavy atom. The first kappa shape index (κ1) is 19.8. The van der Waals surface area contributed by atoms with E-state index < -0.39 is 0 Å². The maximum atomic E-state index is 13.2. The summed E-state index contributed by atoms with van der Waals surface area (Å²) in [6.45, 7) is 3.71. The molecule has 5 rings (SSSR count). The Labute approximate surface area is 182 Å². The summed E-state index contributed by atoms with van der Waals surface area (Å²) in [7, 11) is 0. The van der Waals surface area contributed by atoms with Crippen molar-refractivity contribution in [3.63, 3.8) is 0 Å². The highest BCUT2D eigenvalue weighted by molar-refractivity contribution is 7.99. The van der Waals surface area contributed by atoms with Gasteiger partial charge in [0.05, 0.1) is 17.9 Å². The molecule has 0 spiro atoms. The Hall–Kier alpha value is -3.14. The molecule has 10 heteroatoms. The molecule has 1 saturated heterocycles. The number of carbonyl (C=O) groups excluding carboxylic acids is 2. The summed E-state index contributed by atoms with van der Waals surface area (Å²) < 4.78 is 3.32. The summed E-state index contributed by atoms with van der Waals surface area (Å²) in [5.41, 5.74) is 1.21. The summed E-state index contributed by atoms with van der Waals surface area (Å²) in [5.74, 6) is 0.673. The van der Waals surface area contributed by atoms with Crippen LogP contribution in [0.4, 0.5) is 0 Å². The van der Waals surface area contributed by atoms with E-state index in [-0.39, 0.29) is 29.8 Å². The maximum Gasteiger partial charge on any atom is 0.265 e. The molecule has 2 amide bonds. The van der Waals surface area contributed by atoms with Crippen LogP contribution in [0.3, 0.4) is 0 Å². The lowest BCUT2D eigenvalue weighted by atomic mass is 10.2. The first-order valence-corrected chi connectivity index (χ1v) is 11.2. The number of piperazine rings is 1. The molecule has 1 fully saturated rings. The molecule has 0 unspecified atom stereocenters. The zero-order valence-corrected chi connectivity index (χ0v) is 17.9. The summed E-state index contributed by atoms with van der Waals surface area (Å²) in [4.78, 5) is 45.8. The highest BCUT2D eigenvalue weighted by Gasteiger charge is 2.32. The van der Waals surface area contributed by atoms with E-state index in [9.17, 15) is 14.4 Å². The van der Waals surface area contributed by atoms with Gasteiger partial charge in [-0.05, 0) is 12.1 Å². The van der Waals surface area contributed by atoms with Crippen LogP contribution >= 0.6 is 11.8 Å². The molecule has 3 aromatic rings. The van der Waals surface area contributed by atoms with E-state index in [0.29, 0.717) is 48.1 Å². The lowest BCUT2D eigenvalue weighted by Crippen LogP contribution is -2.50. The van der Waals surface area contributed by atoms with Gasteiger partial charge in [0.2, 0.25) is 11.8 Å². The van der Waals surface area contributed by atoms with Crippen molar-refractivity contribution in [2.45, 2.75) is 24.5 Å². The third-order valence-electron chi connectivity index (χ3n) is 5.86. The van der Waals surface area contributed by atoms with Gasteiger partial charge in [-0.3, -0.25) is 19.0 Å². The number of carbonyl (C=O) groups is 2. The smallest absolute Gasteiger partial charge is 0.265 e. The van der Waals surface area contributed by atoms with Gasteiger partial charge in [0.1, 0.15) is 5.39 Å². The molecule has 0 bridgehead atoms. The van der Waals surface area contributed by atoms with Gasteiger partial charge in [-0.1, -0.05) is 30.0 Å². The molecule has 0 saturated carbocycles. The molecule has 0 N–H and O–H groups in total. The first-order chi connectivity index (χ1) is 15.0. The van der Waals surface area contributed by atoms with E-state index in [0.717, 1.165) is 5.69 Å². The molecule has 160 valence electrons. The van der Waals surface area contributed by atoms with Crippen molar-refractivity contribution in [2.75, 3.05) is 31.9 Å². The molecule has 2 aliphatic heterocycles. The van der Waals surface area contributed by atoms with E-state index in [1.165, 1.54) is 11.8 Å². The van der Waals surface area contributed by atoms with Crippen LogP contribution in [0.5, 0.6) is 0 Å². The number of aromatic nitrogens is 4. The Kier molecular flexibility index (Phi) is 5.01. The summed E-state index contributed by atoms with van der Waals surface area (Å²) in [6.07, 6.45) is 1.80. The van der Waals surface area contributed by atoms with Crippen LogP contribution < -0.4 is 5.56 Å². The van der Waals surface area contributed by atoms with Crippen molar-refractivity contribution in [2.24, 2.45) is 0 Å². The van der Waals surface area contributed by atoms with Gasteiger partial charge in [0.15, 0.2) is 10.8 Å². The minimum absolute atomic E-state index is 0.00799. The average Bonchev–Trinajstić information content (AvgIpc) is 3.39. The van der Waals surface area contributed by atoms with E-state index >= 15 is 0 Å². The quantitative estimate of drug-likeness (QED) is 0.573. The van der Waals surface area contributed by atoms with E-state index in [1.807, 2.05) is 30.3 Å². The van der Waals surface area contributed by atoms with Crippen LogP contribution in [0.15, 0.2) is 46.5 Å². The lowest BCUT2D eigenvalue weighted by Gasteiger charge is -2.34. The number of para-hydroxylation sites is 1. The molecular formula is C21H22N6O3S. The third kappa shape index (κ3) is 3.50. The number of fused-ring (bicyclic) bond motifs is 2. The fourth-order valence-electron chi connectivity index (χ4n) is 4.14. The summed E-state index contributed by atoms with van der Waals surface area (Å²) in [6, 6.07) is 9.35. The Morgan fingerprint density at radius 2 is 1.81 bits per heavy atom. The SMILES string of the molecule is CC(=O)N1CCN(C(=O)C[C@H]2CSc3nc4c(cnn4-c4ccccc4)c(=O)n32)CC1. The Bertz CT molecular complexity index is 1210. The average molecular weight is 439 g/mol. The van der Waals surface area contributed by atoms with Gasteiger partial charge in [0.25, 0.3) is 5.56 Å². The van der Waals surface area contributed by atoms with Crippen molar-refractivity contribution in [3.8, 4) is 5.69 Å². The molecule has 4 heterocycles. The van der Waals surface area contributed by atoms with Crippen LogP contribution in [0, 0.1) is 0 Å². The van der Waals surface area contributed by atoms with E-state index in [4.69, 9.17) is 4.98 Å². The number of amides is 2. The standard InChI is InChI=1S/C21H22N6O3S/c1-14(28)24-7-9-25(10-8-24)18(29)11-16-13-31-21-23-19-17(20(30)26(16)21)12-22-27(19)15-5-3-2-4-6-15/h2-6,12,16H,7-11,13H2,1H3/t16-/m0/s1. The third-order valence-corrected chi connectivity index (χ3v) is 6.96. The minimum Gasteiger partial charge on any atom is -0.339 e. The van der Waals surface area contributed by atoms with Crippen LogP contribution in [0.2, 0.25) is 0 Å². The first-order valence-electron chi connectivity index (χ1n) is 10.2. The predicted octanol–water partition coefficient (Wildman–Crippen LogP) is 1.31. The van der Waals surface area contributed by atoms with Gasteiger partial charge in [-0.15, -0.1) is 0 Å².